The predicted molar refractivity (Wildman–Crippen MR) is 149 cm³/mol. The van der Waals surface area contributed by atoms with E-state index in [4.69, 9.17) is 9.57 Å². The van der Waals surface area contributed by atoms with Crippen LogP contribution in [0.1, 0.15) is 65.8 Å². The number of amides is 4. The van der Waals surface area contributed by atoms with Gasteiger partial charge in [-0.15, -0.1) is 0 Å². The number of carbonyl (C=O) groups excluding carboxylic acids is 4. The molecule has 1 N–H and O–H groups in total. The lowest BCUT2D eigenvalue weighted by atomic mass is 9.80. The number of unbranched alkanes of at least 4 members (excludes halogenated alkanes) is 1. The number of nitrogens with one attached hydrogen (secondary N) is 1. The lowest BCUT2D eigenvalue weighted by Gasteiger charge is -2.34. The summed E-state index contributed by atoms with van der Waals surface area (Å²) >= 11 is 0. The van der Waals surface area contributed by atoms with E-state index in [0.717, 1.165) is 5.56 Å². The van der Waals surface area contributed by atoms with E-state index in [0.29, 0.717) is 63.1 Å². The number of imide groups is 1. The molecule has 1 unspecified atom stereocenters. The van der Waals surface area contributed by atoms with Gasteiger partial charge >= 0.3 is 0 Å². The highest BCUT2D eigenvalue weighted by Crippen LogP contribution is 2.29. The molecule has 2 heterocycles. The Morgan fingerprint density at radius 1 is 0.900 bits per heavy atom. The van der Waals surface area contributed by atoms with E-state index in [2.05, 4.69) is 5.48 Å². The van der Waals surface area contributed by atoms with Crippen molar-refractivity contribution in [1.82, 2.24) is 15.3 Å². The largest absolute Gasteiger partial charge is 0.378 e. The van der Waals surface area contributed by atoms with Crippen LogP contribution in [0.15, 0.2) is 54.6 Å². The first-order valence-corrected chi connectivity index (χ1v) is 14.1. The number of rotatable bonds is 13. The van der Waals surface area contributed by atoms with E-state index in [-0.39, 0.29) is 42.7 Å². The number of ether oxygens (including phenoxy) is 1. The third kappa shape index (κ3) is 7.34. The molecule has 2 aromatic carbocycles. The second-order valence-corrected chi connectivity index (χ2v) is 10.8. The maximum Gasteiger partial charge on any atom is 0.261 e. The molecular weight excluding hydrogens is 510 g/mol. The zero-order valence-electron chi connectivity index (χ0n) is 23.3. The third-order valence-electron chi connectivity index (χ3n) is 7.47. The highest BCUT2D eigenvalue weighted by molar-refractivity contribution is 6.21. The summed E-state index contributed by atoms with van der Waals surface area (Å²) in [5, 5.41) is 0. The number of morpholine rings is 1. The minimum atomic E-state index is -0.615. The maximum absolute atomic E-state index is 13.7. The number of hydrogen-bond donors (Lipinski definition) is 1. The van der Waals surface area contributed by atoms with Gasteiger partial charge in [-0.2, -0.15) is 0 Å². The molecule has 214 valence electrons. The van der Waals surface area contributed by atoms with Gasteiger partial charge in [0.25, 0.3) is 11.8 Å². The fraction of sp³-hybridized carbons (Fsp3) is 0.484. The van der Waals surface area contributed by atoms with E-state index in [9.17, 15) is 19.2 Å². The molecule has 2 atom stereocenters. The molecule has 9 heteroatoms. The Morgan fingerprint density at radius 3 is 2.15 bits per heavy atom. The van der Waals surface area contributed by atoms with Gasteiger partial charge in [-0.05, 0) is 42.9 Å². The predicted octanol–water partition coefficient (Wildman–Crippen LogP) is 3.84. The number of benzene rings is 2. The molecule has 9 nitrogen and oxygen atoms in total. The van der Waals surface area contributed by atoms with E-state index in [1.165, 1.54) is 4.90 Å². The molecule has 40 heavy (non-hydrogen) atoms. The van der Waals surface area contributed by atoms with Gasteiger partial charge < -0.3 is 9.64 Å². The van der Waals surface area contributed by atoms with Crippen LogP contribution < -0.4 is 5.48 Å². The minimum absolute atomic E-state index is 0.0412. The number of fused-ring (bicyclic) bond motifs is 1. The highest BCUT2D eigenvalue weighted by atomic mass is 16.6. The van der Waals surface area contributed by atoms with E-state index in [1.807, 2.05) is 44.2 Å². The first kappa shape index (κ1) is 29.4. The van der Waals surface area contributed by atoms with E-state index < -0.39 is 11.8 Å². The molecule has 1 saturated heterocycles. The van der Waals surface area contributed by atoms with Crippen LogP contribution in [0, 0.1) is 17.8 Å². The molecule has 4 amide bonds. The zero-order valence-corrected chi connectivity index (χ0v) is 23.3. The summed E-state index contributed by atoms with van der Waals surface area (Å²) in [6, 6.07) is 16.4. The molecule has 4 rings (SSSR count). The number of hydroxylamine groups is 1. The Labute approximate surface area is 235 Å². The Morgan fingerprint density at radius 2 is 1.52 bits per heavy atom. The lowest BCUT2D eigenvalue weighted by molar-refractivity contribution is -0.151. The minimum Gasteiger partial charge on any atom is -0.378 e. The van der Waals surface area contributed by atoms with Crippen molar-refractivity contribution in [1.29, 1.82) is 0 Å². The molecule has 0 aliphatic carbocycles. The van der Waals surface area contributed by atoms with Crippen molar-refractivity contribution < 1.29 is 28.8 Å². The van der Waals surface area contributed by atoms with Gasteiger partial charge in [0.2, 0.25) is 11.8 Å². The first-order valence-electron chi connectivity index (χ1n) is 14.1. The standard InChI is InChI=1S/C31H39N3O6/c1-22(2)20-27(29(36)33-16-18-39-19-17-33)24(28(35)32-40-21-23-10-4-3-5-11-23)12-8-9-15-34-30(37)25-13-6-7-14-26(25)31(34)38/h3-7,10-11,13-14,22,24,27H,8-9,12,15-21H2,1-2H3,(H,32,35)/t24-,27?/m1/s1. The van der Waals surface area contributed by atoms with Crippen LogP contribution in [0.4, 0.5) is 0 Å². The summed E-state index contributed by atoms with van der Waals surface area (Å²) in [7, 11) is 0. The van der Waals surface area contributed by atoms with Crippen LogP contribution in [-0.4, -0.2) is 66.3 Å². The quantitative estimate of drug-likeness (QED) is 0.231. The molecule has 0 saturated carbocycles. The Hall–Kier alpha value is -3.56. The zero-order chi connectivity index (χ0) is 28.5. The smallest absolute Gasteiger partial charge is 0.261 e. The normalized spacial score (nSPS) is 16.7. The van der Waals surface area contributed by atoms with Gasteiger partial charge in [-0.3, -0.25) is 28.9 Å². The van der Waals surface area contributed by atoms with Crippen LogP contribution in [0.2, 0.25) is 0 Å². The van der Waals surface area contributed by atoms with Crippen LogP contribution in [0.3, 0.4) is 0 Å². The topological polar surface area (TPSA) is 105 Å². The van der Waals surface area contributed by atoms with Crippen LogP contribution in [0.5, 0.6) is 0 Å². The molecule has 2 aliphatic heterocycles. The van der Waals surface area contributed by atoms with Crippen molar-refractivity contribution in [2.24, 2.45) is 17.8 Å². The van der Waals surface area contributed by atoms with Gasteiger partial charge in [-0.1, -0.05) is 62.7 Å². The van der Waals surface area contributed by atoms with Crippen molar-refractivity contribution >= 4 is 23.6 Å². The Balaban J connectivity index is 1.42. The lowest BCUT2D eigenvalue weighted by Crippen LogP contribution is -2.48. The average Bonchev–Trinajstić information content (AvgIpc) is 3.21. The Bertz CT molecular complexity index is 1140. The SMILES string of the molecule is CC(C)CC(C(=O)N1CCOCC1)[C@@H](CCCCN1C(=O)c2ccccc2C1=O)C(=O)NOCc1ccccc1. The van der Waals surface area contributed by atoms with E-state index >= 15 is 0 Å². The summed E-state index contributed by atoms with van der Waals surface area (Å²) in [5.41, 5.74) is 4.37. The van der Waals surface area contributed by atoms with Gasteiger partial charge in [0.15, 0.2) is 0 Å². The van der Waals surface area contributed by atoms with Crippen LogP contribution >= 0.6 is 0 Å². The molecule has 2 aromatic rings. The summed E-state index contributed by atoms with van der Waals surface area (Å²) < 4.78 is 5.43. The highest BCUT2D eigenvalue weighted by Gasteiger charge is 2.38. The molecule has 1 fully saturated rings. The molecule has 2 aliphatic rings. The Kier molecular flexibility index (Phi) is 10.4. The first-order chi connectivity index (χ1) is 19.4. The van der Waals surface area contributed by atoms with Crippen LogP contribution in [-0.2, 0) is 25.8 Å². The van der Waals surface area contributed by atoms with Crippen molar-refractivity contribution in [3.63, 3.8) is 0 Å². The number of nitrogens with zero attached hydrogens (tertiary/aromatic N) is 2. The second-order valence-electron chi connectivity index (χ2n) is 10.8. The van der Waals surface area contributed by atoms with E-state index in [1.54, 1.807) is 29.2 Å². The van der Waals surface area contributed by atoms with Gasteiger partial charge in [0.1, 0.15) is 0 Å². The van der Waals surface area contributed by atoms with Gasteiger partial charge in [0.05, 0.1) is 42.8 Å². The van der Waals surface area contributed by atoms with Crippen molar-refractivity contribution in [2.75, 3.05) is 32.8 Å². The van der Waals surface area contributed by atoms with Crippen molar-refractivity contribution in [2.45, 2.75) is 46.1 Å². The number of hydrogen-bond acceptors (Lipinski definition) is 6. The summed E-state index contributed by atoms with van der Waals surface area (Å²) in [6.07, 6.45) is 2.08. The van der Waals surface area contributed by atoms with Crippen LogP contribution in [0.25, 0.3) is 0 Å². The summed E-state index contributed by atoms with van der Waals surface area (Å²) in [6.45, 7) is 6.54. The molecule has 0 bridgehead atoms. The second kappa shape index (κ2) is 14.2. The number of carbonyl (C=O) groups is 4. The third-order valence-corrected chi connectivity index (χ3v) is 7.47. The molecular formula is C31H39N3O6. The summed E-state index contributed by atoms with van der Waals surface area (Å²) in [5.74, 6) is -1.87. The monoisotopic (exact) mass is 549 g/mol. The molecule has 0 spiro atoms. The van der Waals surface area contributed by atoms with Crippen molar-refractivity contribution in [3.05, 3.63) is 71.3 Å². The van der Waals surface area contributed by atoms with Crippen molar-refractivity contribution in [3.8, 4) is 0 Å². The fourth-order valence-corrected chi connectivity index (χ4v) is 5.40. The average molecular weight is 550 g/mol. The molecule has 0 aromatic heterocycles. The maximum atomic E-state index is 13.7. The molecule has 0 radical (unpaired) electrons. The van der Waals surface area contributed by atoms with Gasteiger partial charge in [0, 0.05) is 19.6 Å². The fourth-order valence-electron chi connectivity index (χ4n) is 5.40. The summed E-state index contributed by atoms with van der Waals surface area (Å²) in [4.78, 5) is 61.3. The van der Waals surface area contributed by atoms with Gasteiger partial charge in [-0.25, -0.2) is 5.48 Å².